The quantitative estimate of drug-likeness (QED) is 0.177. The van der Waals surface area contributed by atoms with E-state index in [0.717, 1.165) is 16.8 Å². The van der Waals surface area contributed by atoms with Crippen LogP contribution in [0.4, 0.5) is 0 Å². The van der Waals surface area contributed by atoms with Crippen molar-refractivity contribution in [2.75, 3.05) is 0 Å². The molecule has 0 saturated carbocycles. The molecular weight excluding hydrogens is 599 g/mol. The smallest absolute Gasteiger partial charge is 0.155 e. The first-order valence-electron chi connectivity index (χ1n) is 11.4. The number of aromatic nitrogens is 1. The molecule has 0 unspecified atom stereocenters. The second-order valence-corrected chi connectivity index (χ2v) is 10.9. The van der Waals surface area contributed by atoms with Gasteiger partial charge in [-0.3, -0.25) is 9.78 Å². The Morgan fingerprint density at radius 2 is 1.59 bits per heavy atom. The van der Waals surface area contributed by atoms with Crippen LogP contribution in [0.25, 0.3) is 22.2 Å². The Balaban J connectivity index is 0.000000633. The van der Waals surface area contributed by atoms with E-state index in [-0.39, 0.29) is 42.5 Å². The molecule has 3 nitrogen and oxygen atoms in total. The van der Waals surface area contributed by atoms with Gasteiger partial charge in [0.25, 0.3) is 0 Å². The van der Waals surface area contributed by atoms with E-state index in [9.17, 15) is 4.79 Å². The van der Waals surface area contributed by atoms with Gasteiger partial charge in [0.15, 0.2) is 5.78 Å². The van der Waals surface area contributed by atoms with Gasteiger partial charge in [0.1, 0.15) is 0 Å². The summed E-state index contributed by atoms with van der Waals surface area (Å²) in [6.45, 7) is 20.7. The van der Waals surface area contributed by atoms with Crippen molar-refractivity contribution in [3.05, 3.63) is 76.6 Å². The fourth-order valence-electron chi connectivity index (χ4n) is 3.75. The number of ketones is 1. The summed E-state index contributed by atoms with van der Waals surface area (Å²) >= 11 is 0. The van der Waals surface area contributed by atoms with Crippen molar-refractivity contribution >= 4 is 16.7 Å². The number of aliphatic hydroxyl groups excluding tert-OH is 1. The minimum atomic E-state index is -0.125. The number of benzene rings is 2. The Morgan fingerprint density at radius 1 is 0.971 bits per heavy atom. The van der Waals surface area contributed by atoms with Gasteiger partial charge in [-0.2, -0.15) is 0 Å². The maximum atomic E-state index is 10.0. The molecule has 0 amide bonds. The van der Waals surface area contributed by atoms with E-state index in [2.05, 4.69) is 91.8 Å². The Kier molecular flexibility index (Phi) is 9.99. The number of hydrogen-bond acceptors (Lipinski definition) is 3. The number of carbonyl (C=O) groups is 1. The SMILES string of the molecule is CC(=O)/C=C(/C)O.Cc1c[c-]c(-c2ccc3c(C(C)(C)C)cc(C(C)(C)C)cc3n2)c(C)c1.[Ir]. The summed E-state index contributed by atoms with van der Waals surface area (Å²) < 4.78 is 0. The molecule has 1 radical (unpaired) electrons. The first kappa shape index (κ1) is 29.7. The number of pyridine rings is 1. The second kappa shape index (κ2) is 11.4. The van der Waals surface area contributed by atoms with Crippen LogP contribution < -0.4 is 0 Å². The Morgan fingerprint density at radius 3 is 2.03 bits per heavy atom. The molecule has 1 aromatic heterocycles. The zero-order valence-electron chi connectivity index (χ0n) is 22.2. The molecule has 3 rings (SSSR count). The van der Waals surface area contributed by atoms with Crippen LogP contribution in [0.3, 0.4) is 0 Å². The molecule has 1 N–H and O–H groups in total. The van der Waals surface area contributed by atoms with E-state index in [1.165, 1.54) is 47.6 Å². The topological polar surface area (TPSA) is 50.2 Å². The fourth-order valence-corrected chi connectivity index (χ4v) is 3.75. The minimum Gasteiger partial charge on any atom is -0.512 e. The van der Waals surface area contributed by atoms with Crippen LogP contribution in [0.5, 0.6) is 0 Å². The van der Waals surface area contributed by atoms with Gasteiger partial charge in [-0.1, -0.05) is 73.6 Å². The summed E-state index contributed by atoms with van der Waals surface area (Å²) in [5, 5.41) is 9.61. The molecule has 0 aliphatic carbocycles. The van der Waals surface area contributed by atoms with Crippen molar-refractivity contribution in [3.63, 3.8) is 0 Å². The molecular formula is C30H38IrNO2-. The molecule has 2 aromatic carbocycles. The molecule has 3 aromatic rings. The van der Waals surface area contributed by atoms with Crippen molar-refractivity contribution in [1.82, 2.24) is 4.98 Å². The van der Waals surface area contributed by atoms with Crippen LogP contribution in [0.1, 0.15) is 77.6 Å². The molecule has 0 aliphatic heterocycles. The van der Waals surface area contributed by atoms with Gasteiger partial charge >= 0.3 is 0 Å². The number of nitrogens with zero attached hydrogens (tertiary/aromatic N) is 1. The molecule has 0 saturated heterocycles. The number of allylic oxidation sites excluding steroid dienone is 2. The van der Waals surface area contributed by atoms with Gasteiger partial charge in [0.2, 0.25) is 0 Å². The zero-order valence-corrected chi connectivity index (χ0v) is 24.6. The average molecular weight is 637 g/mol. The average Bonchev–Trinajstić information content (AvgIpc) is 2.64. The summed E-state index contributed by atoms with van der Waals surface area (Å²) in [6.07, 6.45) is 1.17. The van der Waals surface area contributed by atoms with Crippen molar-refractivity contribution in [2.24, 2.45) is 0 Å². The third-order valence-electron chi connectivity index (χ3n) is 5.43. The predicted molar refractivity (Wildman–Crippen MR) is 140 cm³/mol. The molecule has 0 spiro atoms. The van der Waals surface area contributed by atoms with Crippen LogP contribution in [-0.2, 0) is 35.7 Å². The van der Waals surface area contributed by atoms with Crippen LogP contribution in [0.15, 0.2) is 48.2 Å². The molecule has 0 atom stereocenters. The monoisotopic (exact) mass is 637 g/mol. The largest absolute Gasteiger partial charge is 0.512 e. The predicted octanol–water partition coefficient (Wildman–Crippen LogP) is 7.95. The number of carbonyl (C=O) groups excluding carboxylic acids is 1. The van der Waals surface area contributed by atoms with Gasteiger partial charge in [0.05, 0.1) is 11.3 Å². The third kappa shape index (κ3) is 7.89. The molecule has 185 valence electrons. The summed E-state index contributed by atoms with van der Waals surface area (Å²) in [4.78, 5) is 15.1. The van der Waals surface area contributed by atoms with Crippen LogP contribution >= 0.6 is 0 Å². The van der Waals surface area contributed by atoms with Gasteiger partial charge in [-0.05, 0) is 47.6 Å². The maximum absolute atomic E-state index is 10.0. The second-order valence-electron chi connectivity index (χ2n) is 10.9. The summed E-state index contributed by atoms with van der Waals surface area (Å²) in [5.74, 6) is -0.0625. The van der Waals surface area contributed by atoms with Crippen molar-refractivity contribution in [1.29, 1.82) is 0 Å². The molecule has 0 aliphatic rings. The van der Waals surface area contributed by atoms with E-state index in [0.29, 0.717) is 0 Å². The third-order valence-corrected chi connectivity index (χ3v) is 5.43. The number of rotatable bonds is 2. The van der Waals surface area contributed by atoms with Crippen molar-refractivity contribution < 1.29 is 30.0 Å². The van der Waals surface area contributed by atoms with Gasteiger partial charge in [-0.15, -0.1) is 34.9 Å². The van der Waals surface area contributed by atoms with Crippen molar-refractivity contribution in [3.8, 4) is 11.3 Å². The van der Waals surface area contributed by atoms with E-state index < -0.39 is 0 Å². The summed E-state index contributed by atoms with van der Waals surface area (Å²) in [6, 6.07) is 16.7. The standard InChI is InChI=1S/C25H30N.C5H8O2.Ir/c1-16-9-10-19(17(2)13-16)22-12-11-20-21(25(6,7)8)14-18(24(3,4)5)15-23(20)26-22;1-4(6)3-5(2)7;/h9,11-15H,1-8H3;3,6H,1-2H3;/q-1;;/b;4-3-;. The first-order valence-corrected chi connectivity index (χ1v) is 11.4. The fraction of sp³-hybridized carbons (Fsp3) is 0.400. The van der Waals surface area contributed by atoms with Gasteiger partial charge < -0.3 is 5.11 Å². The van der Waals surface area contributed by atoms with E-state index >= 15 is 0 Å². The Labute approximate surface area is 219 Å². The van der Waals surface area contributed by atoms with Crippen molar-refractivity contribution in [2.45, 2.75) is 80.1 Å². The van der Waals surface area contributed by atoms with Crippen LogP contribution in [0, 0.1) is 19.9 Å². The number of hydrogen-bond donors (Lipinski definition) is 1. The maximum Gasteiger partial charge on any atom is 0.155 e. The van der Waals surface area contributed by atoms with E-state index in [1.54, 1.807) is 0 Å². The molecule has 0 fully saturated rings. The Bertz CT molecular complexity index is 1190. The zero-order chi connectivity index (χ0) is 25.1. The molecule has 4 heteroatoms. The van der Waals surface area contributed by atoms with Crippen LogP contribution in [0.2, 0.25) is 0 Å². The van der Waals surface area contributed by atoms with Crippen LogP contribution in [-0.4, -0.2) is 15.9 Å². The van der Waals surface area contributed by atoms with Gasteiger partial charge in [-0.25, -0.2) is 0 Å². The summed E-state index contributed by atoms with van der Waals surface area (Å²) in [5.41, 5.74) is 8.50. The molecule has 34 heavy (non-hydrogen) atoms. The summed E-state index contributed by atoms with van der Waals surface area (Å²) in [7, 11) is 0. The normalized spacial score (nSPS) is 12.0. The van der Waals surface area contributed by atoms with E-state index in [1.807, 2.05) is 6.07 Å². The Hall–Kier alpha value is -2.29. The van der Waals surface area contributed by atoms with E-state index in [4.69, 9.17) is 10.1 Å². The number of fused-ring (bicyclic) bond motifs is 1. The minimum absolute atomic E-state index is 0. The van der Waals surface area contributed by atoms with Gasteiger partial charge in [0, 0.05) is 31.6 Å². The first-order chi connectivity index (χ1) is 15.1. The molecule has 1 heterocycles. The number of aliphatic hydroxyl groups is 1. The number of aryl methyl sites for hydroxylation is 2. The molecule has 0 bridgehead atoms.